The van der Waals surface area contributed by atoms with Crippen molar-refractivity contribution in [1.29, 1.82) is 0 Å². The van der Waals surface area contributed by atoms with Crippen LogP contribution >= 0.6 is 0 Å². The summed E-state index contributed by atoms with van der Waals surface area (Å²) >= 11 is 0. The number of hydrogen-bond donors (Lipinski definition) is 1. The Morgan fingerprint density at radius 3 is 2.62 bits per heavy atom. The first-order chi connectivity index (χ1) is 12.7. The quantitative estimate of drug-likeness (QED) is 0.679. The Labute approximate surface area is 156 Å². The van der Waals surface area contributed by atoms with Crippen molar-refractivity contribution in [2.24, 2.45) is 4.99 Å². The molecule has 2 aromatic rings. The molecule has 3 rings (SSSR count). The van der Waals surface area contributed by atoms with Crippen LogP contribution in [-0.4, -0.2) is 54.0 Å². The highest BCUT2D eigenvalue weighted by molar-refractivity contribution is 5.80. The number of benzene rings is 1. The van der Waals surface area contributed by atoms with Crippen LogP contribution in [0.5, 0.6) is 0 Å². The lowest BCUT2D eigenvalue weighted by atomic mass is 10.1. The summed E-state index contributed by atoms with van der Waals surface area (Å²) < 4.78 is 0. The first-order valence-corrected chi connectivity index (χ1v) is 9.29. The molecule has 5 nitrogen and oxygen atoms in total. The van der Waals surface area contributed by atoms with Crippen molar-refractivity contribution in [1.82, 2.24) is 20.1 Å². The van der Waals surface area contributed by atoms with Gasteiger partial charge in [0.2, 0.25) is 0 Å². The highest BCUT2D eigenvalue weighted by Gasteiger charge is 2.19. The zero-order valence-electron chi connectivity index (χ0n) is 16.1. The monoisotopic (exact) mass is 351 g/mol. The number of piperazine rings is 1. The highest BCUT2D eigenvalue weighted by atomic mass is 15.3. The summed E-state index contributed by atoms with van der Waals surface area (Å²) in [5.74, 6) is 0.963. The van der Waals surface area contributed by atoms with Gasteiger partial charge < -0.3 is 10.2 Å². The number of nitrogens with one attached hydrogen (secondary N) is 1. The Kier molecular flexibility index (Phi) is 6.23. The van der Waals surface area contributed by atoms with Gasteiger partial charge in [-0.25, -0.2) is 0 Å². The van der Waals surface area contributed by atoms with Gasteiger partial charge in [-0.2, -0.15) is 0 Å². The lowest BCUT2D eigenvalue weighted by Gasteiger charge is -2.36. The largest absolute Gasteiger partial charge is 0.351 e. The molecule has 0 aliphatic carbocycles. The van der Waals surface area contributed by atoms with Crippen molar-refractivity contribution in [2.75, 3.05) is 33.2 Å². The molecule has 1 aromatic heterocycles. The molecular weight excluding hydrogens is 322 g/mol. The lowest BCUT2D eigenvalue weighted by molar-refractivity contribution is 0.172. The molecule has 1 aliphatic heterocycles. The fourth-order valence-corrected chi connectivity index (χ4v) is 3.38. The van der Waals surface area contributed by atoms with E-state index in [2.05, 4.69) is 69.3 Å². The third-order valence-electron chi connectivity index (χ3n) is 4.90. The van der Waals surface area contributed by atoms with Crippen LogP contribution in [0.3, 0.4) is 0 Å². The maximum absolute atomic E-state index is 4.46. The zero-order chi connectivity index (χ0) is 18.4. The summed E-state index contributed by atoms with van der Waals surface area (Å²) in [5, 5.41) is 3.46. The van der Waals surface area contributed by atoms with Gasteiger partial charge in [0.1, 0.15) is 0 Å². The molecule has 0 unspecified atom stereocenters. The topological polar surface area (TPSA) is 43.8 Å². The van der Waals surface area contributed by atoms with Gasteiger partial charge in [0.15, 0.2) is 5.96 Å². The van der Waals surface area contributed by atoms with Crippen LogP contribution in [0.1, 0.15) is 22.4 Å². The third-order valence-corrected chi connectivity index (χ3v) is 4.90. The molecule has 1 aliphatic rings. The van der Waals surface area contributed by atoms with Crippen molar-refractivity contribution in [2.45, 2.75) is 26.9 Å². The molecule has 0 saturated carbocycles. The van der Waals surface area contributed by atoms with Crippen LogP contribution in [0.25, 0.3) is 0 Å². The Morgan fingerprint density at radius 2 is 1.92 bits per heavy atom. The molecule has 1 aromatic carbocycles. The average Bonchev–Trinajstić information content (AvgIpc) is 2.65. The Morgan fingerprint density at radius 1 is 1.12 bits per heavy atom. The minimum atomic E-state index is 0.711. The predicted molar refractivity (Wildman–Crippen MR) is 107 cm³/mol. The first-order valence-electron chi connectivity index (χ1n) is 9.29. The summed E-state index contributed by atoms with van der Waals surface area (Å²) in [6.07, 6.45) is 1.84. The van der Waals surface area contributed by atoms with Gasteiger partial charge in [-0.05, 0) is 31.0 Å². The molecule has 0 amide bonds. The highest BCUT2D eigenvalue weighted by Crippen LogP contribution is 2.11. The van der Waals surface area contributed by atoms with Crippen molar-refractivity contribution < 1.29 is 0 Å². The van der Waals surface area contributed by atoms with E-state index in [0.29, 0.717) is 6.54 Å². The van der Waals surface area contributed by atoms with Crippen LogP contribution in [0, 0.1) is 13.8 Å². The van der Waals surface area contributed by atoms with E-state index in [9.17, 15) is 0 Å². The van der Waals surface area contributed by atoms with Crippen LogP contribution in [0.4, 0.5) is 0 Å². The molecular formula is C21H29N5. The molecule has 0 radical (unpaired) electrons. The van der Waals surface area contributed by atoms with Gasteiger partial charge in [-0.15, -0.1) is 0 Å². The SMILES string of the molecule is CN=C(NCc1ncccc1C)N1CCN(Cc2cccc(C)c2)CC1. The van der Waals surface area contributed by atoms with Gasteiger partial charge >= 0.3 is 0 Å². The van der Waals surface area contributed by atoms with Crippen molar-refractivity contribution in [3.63, 3.8) is 0 Å². The molecule has 0 atom stereocenters. The first kappa shape index (κ1) is 18.4. The molecule has 1 N–H and O–H groups in total. The number of aromatic nitrogens is 1. The summed E-state index contributed by atoms with van der Waals surface area (Å²) in [7, 11) is 1.85. The van der Waals surface area contributed by atoms with E-state index in [0.717, 1.165) is 44.4 Å². The summed E-state index contributed by atoms with van der Waals surface area (Å²) in [4.78, 5) is 13.8. The molecule has 1 fully saturated rings. The maximum atomic E-state index is 4.46. The standard InChI is InChI=1S/C21H29N5/c1-17-6-4-8-19(14-17)16-25-10-12-26(13-11-25)21(22-3)24-15-20-18(2)7-5-9-23-20/h4-9,14H,10-13,15-16H2,1-3H3,(H,22,24). The smallest absolute Gasteiger partial charge is 0.194 e. The van der Waals surface area contributed by atoms with E-state index in [1.165, 1.54) is 16.7 Å². The van der Waals surface area contributed by atoms with Crippen LogP contribution < -0.4 is 5.32 Å². The molecule has 5 heteroatoms. The number of pyridine rings is 1. The van der Waals surface area contributed by atoms with Crippen LogP contribution in [-0.2, 0) is 13.1 Å². The minimum absolute atomic E-state index is 0.711. The molecule has 1 saturated heterocycles. The second kappa shape index (κ2) is 8.81. The summed E-state index contributed by atoms with van der Waals surface area (Å²) in [6, 6.07) is 12.9. The van der Waals surface area contributed by atoms with Gasteiger partial charge in [-0.1, -0.05) is 35.9 Å². The summed E-state index contributed by atoms with van der Waals surface area (Å²) in [5.41, 5.74) is 5.01. The number of rotatable bonds is 4. The number of aryl methyl sites for hydroxylation is 2. The number of hydrogen-bond acceptors (Lipinski definition) is 3. The van der Waals surface area contributed by atoms with E-state index in [1.54, 1.807) is 0 Å². The van der Waals surface area contributed by atoms with Gasteiger partial charge in [0, 0.05) is 46.0 Å². The van der Waals surface area contributed by atoms with Crippen molar-refractivity contribution in [3.8, 4) is 0 Å². The summed E-state index contributed by atoms with van der Waals surface area (Å²) in [6.45, 7) is 10.1. The molecule has 26 heavy (non-hydrogen) atoms. The van der Waals surface area contributed by atoms with Crippen molar-refractivity contribution in [3.05, 3.63) is 65.0 Å². The predicted octanol–water partition coefficient (Wildman–Crippen LogP) is 2.59. The second-order valence-corrected chi connectivity index (χ2v) is 6.92. The zero-order valence-corrected chi connectivity index (χ0v) is 16.1. The normalized spacial score (nSPS) is 16.0. The Balaban J connectivity index is 1.50. The number of nitrogens with zero attached hydrogens (tertiary/aromatic N) is 4. The molecule has 0 bridgehead atoms. The third kappa shape index (κ3) is 4.82. The number of guanidine groups is 1. The lowest BCUT2D eigenvalue weighted by Crippen LogP contribution is -2.52. The van der Waals surface area contributed by atoms with Crippen molar-refractivity contribution >= 4 is 5.96 Å². The van der Waals surface area contributed by atoms with Gasteiger partial charge in [0.25, 0.3) is 0 Å². The second-order valence-electron chi connectivity index (χ2n) is 6.92. The minimum Gasteiger partial charge on any atom is -0.351 e. The van der Waals surface area contributed by atoms with Gasteiger partial charge in [-0.3, -0.25) is 14.9 Å². The maximum Gasteiger partial charge on any atom is 0.194 e. The Hall–Kier alpha value is -2.40. The molecule has 0 spiro atoms. The van der Waals surface area contributed by atoms with Crippen LogP contribution in [0.2, 0.25) is 0 Å². The van der Waals surface area contributed by atoms with E-state index in [4.69, 9.17) is 0 Å². The molecule has 2 heterocycles. The molecule has 138 valence electrons. The number of aliphatic imine (C=N–C) groups is 1. The fourth-order valence-electron chi connectivity index (χ4n) is 3.38. The van der Waals surface area contributed by atoms with Crippen LogP contribution in [0.15, 0.2) is 47.6 Å². The van der Waals surface area contributed by atoms with E-state index < -0.39 is 0 Å². The van der Waals surface area contributed by atoms with Gasteiger partial charge in [0.05, 0.1) is 12.2 Å². The van der Waals surface area contributed by atoms with E-state index >= 15 is 0 Å². The Bertz CT molecular complexity index is 748. The average molecular weight is 351 g/mol. The fraction of sp³-hybridized carbons (Fsp3) is 0.429. The van der Waals surface area contributed by atoms with E-state index in [-0.39, 0.29) is 0 Å². The van der Waals surface area contributed by atoms with E-state index in [1.807, 2.05) is 19.3 Å².